The van der Waals surface area contributed by atoms with Gasteiger partial charge in [-0.2, -0.15) is 0 Å². The first-order chi connectivity index (χ1) is 6.83. The number of halogens is 1. The third-order valence-corrected chi connectivity index (χ3v) is 3.39. The lowest BCUT2D eigenvalue weighted by Crippen LogP contribution is -2.13. The molecule has 1 aromatic rings. The van der Waals surface area contributed by atoms with Crippen LogP contribution in [0.5, 0.6) is 0 Å². The number of fused-ring (bicyclic) bond motifs is 1. The van der Waals surface area contributed by atoms with Gasteiger partial charge in [0.15, 0.2) is 0 Å². The van der Waals surface area contributed by atoms with Crippen molar-refractivity contribution in [2.24, 2.45) is 5.73 Å². The number of nitrogens with two attached hydrogens (primary N) is 1. The van der Waals surface area contributed by atoms with E-state index < -0.39 is 0 Å². The van der Waals surface area contributed by atoms with Crippen LogP contribution in [0.3, 0.4) is 0 Å². The molecule has 0 aromatic carbocycles. The fourth-order valence-corrected chi connectivity index (χ4v) is 2.64. The number of nitrogens with zero attached hydrogens (tertiary/aromatic N) is 2. The minimum atomic E-state index is 0.750. The molecule has 0 spiro atoms. The molecule has 0 fully saturated rings. The number of aryl methyl sites for hydroxylation is 1. The summed E-state index contributed by atoms with van der Waals surface area (Å²) in [7, 11) is 0. The molecule has 0 saturated heterocycles. The van der Waals surface area contributed by atoms with Crippen LogP contribution < -0.4 is 5.73 Å². The van der Waals surface area contributed by atoms with Crippen LogP contribution in [0.4, 0.5) is 0 Å². The van der Waals surface area contributed by atoms with Crippen LogP contribution in [-0.2, 0) is 19.4 Å². The van der Waals surface area contributed by atoms with Crippen molar-refractivity contribution in [2.45, 2.75) is 38.6 Å². The second-order valence-corrected chi connectivity index (χ2v) is 4.52. The van der Waals surface area contributed by atoms with Crippen molar-refractivity contribution in [3.63, 3.8) is 0 Å². The lowest BCUT2D eigenvalue weighted by Gasteiger charge is -2.16. The van der Waals surface area contributed by atoms with Crippen LogP contribution in [0.2, 0.25) is 0 Å². The van der Waals surface area contributed by atoms with Gasteiger partial charge in [-0.15, -0.1) is 0 Å². The Morgan fingerprint density at radius 3 is 3.07 bits per heavy atom. The normalized spacial score (nSPS) is 15.6. The van der Waals surface area contributed by atoms with Crippen molar-refractivity contribution in [2.75, 3.05) is 6.54 Å². The van der Waals surface area contributed by atoms with E-state index in [0.29, 0.717) is 0 Å². The molecule has 0 unspecified atom stereocenters. The lowest BCUT2D eigenvalue weighted by atomic mass is 10.1. The zero-order chi connectivity index (χ0) is 9.97. The maximum absolute atomic E-state index is 5.51. The van der Waals surface area contributed by atoms with Crippen LogP contribution in [0, 0.1) is 0 Å². The van der Waals surface area contributed by atoms with Crippen molar-refractivity contribution in [3.05, 3.63) is 16.1 Å². The highest BCUT2D eigenvalue weighted by atomic mass is 79.9. The highest BCUT2D eigenvalue weighted by Gasteiger charge is 2.17. The Hall–Kier alpha value is -0.350. The van der Waals surface area contributed by atoms with Crippen molar-refractivity contribution in [1.29, 1.82) is 0 Å². The summed E-state index contributed by atoms with van der Waals surface area (Å²) in [5.74, 6) is 1.21. The van der Waals surface area contributed by atoms with Gasteiger partial charge < -0.3 is 10.3 Å². The van der Waals surface area contributed by atoms with Crippen molar-refractivity contribution >= 4 is 15.9 Å². The summed E-state index contributed by atoms with van der Waals surface area (Å²) in [6, 6.07) is 0. The maximum atomic E-state index is 5.51. The molecule has 4 heteroatoms. The summed E-state index contributed by atoms with van der Waals surface area (Å²) in [5, 5.41) is 0. The predicted molar refractivity (Wildman–Crippen MR) is 60.2 cm³/mol. The van der Waals surface area contributed by atoms with Gasteiger partial charge in [0, 0.05) is 13.0 Å². The van der Waals surface area contributed by atoms with E-state index in [4.69, 9.17) is 5.73 Å². The molecular weight excluding hydrogens is 242 g/mol. The fraction of sp³-hybridized carbons (Fsp3) is 0.700. The van der Waals surface area contributed by atoms with E-state index in [-0.39, 0.29) is 0 Å². The highest BCUT2D eigenvalue weighted by molar-refractivity contribution is 9.10. The summed E-state index contributed by atoms with van der Waals surface area (Å²) in [6.45, 7) is 1.88. The molecule has 2 heterocycles. The number of aromatic nitrogens is 2. The summed E-state index contributed by atoms with van der Waals surface area (Å²) in [5.41, 5.74) is 6.89. The van der Waals surface area contributed by atoms with Gasteiger partial charge in [0.2, 0.25) is 0 Å². The van der Waals surface area contributed by atoms with Gasteiger partial charge in [0.1, 0.15) is 10.4 Å². The number of imidazole rings is 1. The summed E-state index contributed by atoms with van der Waals surface area (Å²) in [6.07, 6.45) is 5.78. The third kappa shape index (κ3) is 1.86. The Kier molecular flexibility index (Phi) is 3.23. The van der Waals surface area contributed by atoms with Gasteiger partial charge in [-0.3, -0.25) is 0 Å². The van der Waals surface area contributed by atoms with Gasteiger partial charge in [-0.05, 0) is 48.2 Å². The zero-order valence-electron chi connectivity index (χ0n) is 8.30. The number of rotatable bonds is 3. The highest BCUT2D eigenvalue weighted by Crippen LogP contribution is 2.25. The quantitative estimate of drug-likeness (QED) is 0.899. The predicted octanol–water partition coefficient (Wildman–Crippen LogP) is 1.87. The van der Waals surface area contributed by atoms with Gasteiger partial charge in [-0.1, -0.05) is 0 Å². The smallest absolute Gasteiger partial charge is 0.127 e. The van der Waals surface area contributed by atoms with Crippen molar-refractivity contribution in [3.8, 4) is 0 Å². The van der Waals surface area contributed by atoms with Gasteiger partial charge in [-0.25, -0.2) is 4.98 Å². The van der Waals surface area contributed by atoms with E-state index in [9.17, 15) is 0 Å². The molecule has 0 radical (unpaired) electrons. The molecule has 3 nitrogen and oxygen atoms in total. The Morgan fingerprint density at radius 2 is 2.29 bits per heavy atom. The van der Waals surface area contributed by atoms with E-state index in [1.807, 2.05) is 0 Å². The SMILES string of the molecule is NCCCc1nc(Br)c2n1CCCC2. The van der Waals surface area contributed by atoms with E-state index in [1.165, 1.54) is 24.4 Å². The first-order valence-corrected chi connectivity index (χ1v) is 6.06. The summed E-state index contributed by atoms with van der Waals surface area (Å²) >= 11 is 3.53. The molecule has 1 aliphatic rings. The molecule has 1 aliphatic heterocycles. The van der Waals surface area contributed by atoms with E-state index in [1.54, 1.807) is 0 Å². The van der Waals surface area contributed by atoms with Gasteiger partial charge >= 0.3 is 0 Å². The second kappa shape index (κ2) is 4.45. The summed E-state index contributed by atoms with van der Waals surface area (Å²) in [4.78, 5) is 4.55. The molecule has 0 aliphatic carbocycles. The van der Waals surface area contributed by atoms with Gasteiger partial charge in [0.25, 0.3) is 0 Å². The average Bonchev–Trinajstić information content (AvgIpc) is 2.54. The Morgan fingerprint density at radius 1 is 1.43 bits per heavy atom. The fourth-order valence-electron chi connectivity index (χ4n) is 2.02. The monoisotopic (exact) mass is 257 g/mol. The van der Waals surface area contributed by atoms with E-state index in [2.05, 4.69) is 25.5 Å². The Labute approximate surface area is 92.8 Å². The minimum absolute atomic E-state index is 0.750. The molecule has 0 saturated carbocycles. The average molecular weight is 258 g/mol. The van der Waals surface area contributed by atoms with Crippen molar-refractivity contribution < 1.29 is 0 Å². The molecule has 2 N–H and O–H groups in total. The van der Waals surface area contributed by atoms with E-state index >= 15 is 0 Å². The minimum Gasteiger partial charge on any atom is -0.331 e. The molecule has 0 amide bonds. The molecule has 14 heavy (non-hydrogen) atoms. The largest absolute Gasteiger partial charge is 0.331 e. The van der Waals surface area contributed by atoms with Crippen LogP contribution in [0.25, 0.3) is 0 Å². The zero-order valence-corrected chi connectivity index (χ0v) is 9.89. The van der Waals surface area contributed by atoms with E-state index in [0.717, 1.165) is 37.0 Å². The maximum Gasteiger partial charge on any atom is 0.127 e. The molecule has 1 aromatic heterocycles. The van der Waals surface area contributed by atoms with Crippen molar-refractivity contribution in [1.82, 2.24) is 9.55 Å². The number of hydrogen-bond acceptors (Lipinski definition) is 2. The second-order valence-electron chi connectivity index (χ2n) is 3.77. The topological polar surface area (TPSA) is 43.8 Å². The molecule has 78 valence electrons. The summed E-state index contributed by atoms with van der Waals surface area (Å²) < 4.78 is 3.41. The standard InChI is InChI=1S/C10H16BrN3/c11-10-8-4-1-2-7-14(8)9(13-10)5-3-6-12/h1-7,12H2. The first-order valence-electron chi connectivity index (χ1n) is 5.26. The Bertz CT molecular complexity index is 319. The Balaban J connectivity index is 2.23. The number of hydrogen-bond donors (Lipinski definition) is 1. The van der Waals surface area contributed by atoms with Crippen LogP contribution in [0.15, 0.2) is 4.60 Å². The van der Waals surface area contributed by atoms with Crippen LogP contribution >= 0.6 is 15.9 Å². The molecule has 0 bridgehead atoms. The molecule has 0 atom stereocenters. The molecular formula is C10H16BrN3. The van der Waals surface area contributed by atoms with Crippen LogP contribution in [0.1, 0.15) is 30.8 Å². The first kappa shape index (κ1) is 10.2. The van der Waals surface area contributed by atoms with Crippen LogP contribution in [-0.4, -0.2) is 16.1 Å². The lowest BCUT2D eigenvalue weighted by molar-refractivity contribution is 0.510. The van der Waals surface area contributed by atoms with Gasteiger partial charge in [0.05, 0.1) is 5.69 Å². The third-order valence-electron chi connectivity index (χ3n) is 2.75. The molecule has 2 rings (SSSR count).